The SMILES string of the molecule is CCCCCCCCCCCCOC(=O)C(C)OC(=O)c1ccc(Cl)c(N)c1. The number of nitrogen functional groups attached to an aromatic ring is 1. The van der Waals surface area contributed by atoms with Crippen LogP contribution in [0.25, 0.3) is 0 Å². The summed E-state index contributed by atoms with van der Waals surface area (Å²) in [5.41, 5.74) is 6.20. The number of hydrogen-bond donors (Lipinski definition) is 1. The van der Waals surface area contributed by atoms with Gasteiger partial charge in [0.25, 0.3) is 0 Å². The lowest BCUT2D eigenvalue weighted by Crippen LogP contribution is -2.26. The van der Waals surface area contributed by atoms with Gasteiger partial charge in [-0.1, -0.05) is 76.3 Å². The minimum absolute atomic E-state index is 0.247. The lowest BCUT2D eigenvalue weighted by Gasteiger charge is -2.13. The topological polar surface area (TPSA) is 78.6 Å². The van der Waals surface area contributed by atoms with Crippen molar-refractivity contribution in [3.8, 4) is 0 Å². The maximum atomic E-state index is 12.1. The summed E-state index contributed by atoms with van der Waals surface area (Å²) in [6, 6.07) is 4.44. The predicted molar refractivity (Wildman–Crippen MR) is 114 cm³/mol. The van der Waals surface area contributed by atoms with E-state index in [9.17, 15) is 9.59 Å². The molecule has 1 atom stereocenters. The third-order valence-electron chi connectivity index (χ3n) is 4.59. The van der Waals surface area contributed by atoms with E-state index in [2.05, 4.69) is 6.92 Å². The van der Waals surface area contributed by atoms with Crippen LogP contribution in [0.1, 0.15) is 88.4 Å². The van der Waals surface area contributed by atoms with Crippen LogP contribution >= 0.6 is 11.6 Å². The van der Waals surface area contributed by atoms with Gasteiger partial charge in [-0.3, -0.25) is 0 Å². The summed E-state index contributed by atoms with van der Waals surface area (Å²) in [5, 5.41) is 0.362. The standard InChI is InChI=1S/C22H34ClNO4/c1-3-4-5-6-7-8-9-10-11-12-15-27-21(25)17(2)28-22(26)18-13-14-19(23)20(24)16-18/h13-14,16-17H,3-12,15,24H2,1-2H3. The van der Waals surface area contributed by atoms with Crippen molar-refractivity contribution in [2.24, 2.45) is 0 Å². The normalized spacial score (nSPS) is 11.8. The second-order valence-corrected chi connectivity index (χ2v) is 7.54. The average Bonchev–Trinajstić information content (AvgIpc) is 2.67. The molecule has 0 heterocycles. The monoisotopic (exact) mass is 411 g/mol. The Labute approximate surface area is 173 Å². The summed E-state index contributed by atoms with van der Waals surface area (Å²) in [6.07, 6.45) is 11.2. The number of carbonyl (C=O) groups excluding carboxylic acids is 2. The molecule has 2 N–H and O–H groups in total. The van der Waals surface area contributed by atoms with E-state index in [0.717, 1.165) is 19.3 Å². The molecule has 1 rings (SSSR count). The molecule has 0 saturated heterocycles. The molecule has 158 valence electrons. The quantitative estimate of drug-likeness (QED) is 0.233. The van der Waals surface area contributed by atoms with E-state index in [1.165, 1.54) is 70.1 Å². The minimum atomic E-state index is -0.965. The number of carbonyl (C=O) groups is 2. The highest BCUT2D eigenvalue weighted by atomic mass is 35.5. The van der Waals surface area contributed by atoms with Crippen LogP contribution in [0.15, 0.2) is 18.2 Å². The van der Waals surface area contributed by atoms with Gasteiger partial charge in [0, 0.05) is 0 Å². The van der Waals surface area contributed by atoms with E-state index in [1.54, 1.807) is 0 Å². The fourth-order valence-electron chi connectivity index (χ4n) is 2.83. The number of halogens is 1. The average molecular weight is 412 g/mol. The smallest absolute Gasteiger partial charge is 0.347 e. The van der Waals surface area contributed by atoms with Gasteiger partial charge in [-0.15, -0.1) is 0 Å². The van der Waals surface area contributed by atoms with Crippen molar-refractivity contribution in [3.05, 3.63) is 28.8 Å². The van der Waals surface area contributed by atoms with E-state index >= 15 is 0 Å². The molecule has 0 fully saturated rings. The lowest BCUT2D eigenvalue weighted by atomic mass is 10.1. The van der Waals surface area contributed by atoms with E-state index in [1.807, 2.05) is 0 Å². The number of anilines is 1. The first kappa shape index (κ1) is 24.3. The number of hydrogen-bond acceptors (Lipinski definition) is 5. The molecule has 1 aromatic carbocycles. The molecule has 0 aliphatic heterocycles. The Kier molecular flexibility index (Phi) is 12.4. The van der Waals surface area contributed by atoms with Gasteiger partial charge in [0.05, 0.1) is 22.9 Å². The maximum Gasteiger partial charge on any atom is 0.347 e. The molecule has 1 aromatic rings. The van der Waals surface area contributed by atoms with Crippen LogP contribution in [0.5, 0.6) is 0 Å². The zero-order valence-corrected chi connectivity index (χ0v) is 17.9. The van der Waals surface area contributed by atoms with Gasteiger partial charge in [-0.05, 0) is 31.5 Å². The fourth-order valence-corrected chi connectivity index (χ4v) is 2.94. The molecule has 0 bridgehead atoms. The van der Waals surface area contributed by atoms with E-state index < -0.39 is 18.0 Å². The Hall–Kier alpha value is -1.75. The first-order valence-electron chi connectivity index (χ1n) is 10.4. The highest BCUT2D eigenvalue weighted by molar-refractivity contribution is 6.33. The highest BCUT2D eigenvalue weighted by Gasteiger charge is 2.20. The molecule has 0 amide bonds. The van der Waals surface area contributed by atoms with Crippen molar-refractivity contribution in [3.63, 3.8) is 0 Å². The molecule has 28 heavy (non-hydrogen) atoms. The third kappa shape index (κ3) is 9.98. The molecule has 0 aliphatic carbocycles. The second-order valence-electron chi connectivity index (χ2n) is 7.13. The van der Waals surface area contributed by atoms with Crippen molar-refractivity contribution in [2.75, 3.05) is 12.3 Å². The molecule has 5 nitrogen and oxygen atoms in total. The number of benzene rings is 1. The number of esters is 2. The minimum Gasteiger partial charge on any atom is -0.463 e. The van der Waals surface area contributed by atoms with E-state index in [4.69, 9.17) is 26.8 Å². The number of nitrogens with two attached hydrogens (primary N) is 1. The van der Waals surface area contributed by atoms with Crippen LogP contribution in [0.4, 0.5) is 5.69 Å². The van der Waals surface area contributed by atoms with Crippen LogP contribution in [-0.2, 0) is 14.3 Å². The van der Waals surface area contributed by atoms with Crippen molar-refractivity contribution in [1.82, 2.24) is 0 Å². The van der Waals surface area contributed by atoms with Crippen LogP contribution in [-0.4, -0.2) is 24.6 Å². The lowest BCUT2D eigenvalue weighted by molar-refractivity contribution is -0.153. The summed E-state index contributed by atoms with van der Waals surface area (Å²) in [4.78, 5) is 24.0. The first-order chi connectivity index (χ1) is 13.5. The van der Waals surface area contributed by atoms with Gasteiger partial charge in [0.2, 0.25) is 0 Å². The zero-order chi connectivity index (χ0) is 20.8. The van der Waals surface area contributed by atoms with Gasteiger partial charge < -0.3 is 15.2 Å². The largest absolute Gasteiger partial charge is 0.463 e. The Morgan fingerprint density at radius 1 is 1.00 bits per heavy atom. The molecule has 0 aliphatic rings. The highest BCUT2D eigenvalue weighted by Crippen LogP contribution is 2.20. The first-order valence-corrected chi connectivity index (χ1v) is 10.8. The zero-order valence-electron chi connectivity index (χ0n) is 17.2. The third-order valence-corrected chi connectivity index (χ3v) is 4.93. The fraction of sp³-hybridized carbons (Fsp3) is 0.636. The number of unbranched alkanes of at least 4 members (excludes halogenated alkanes) is 9. The van der Waals surface area contributed by atoms with Gasteiger partial charge in [0.1, 0.15) is 0 Å². The molecule has 0 spiro atoms. The summed E-state index contributed by atoms with van der Waals surface area (Å²) in [7, 11) is 0. The Morgan fingerprint density at radius 2 is 1.57 bits per heavy atom. The van der Waals surface area contributed by atoms with Crippen molar-refractivity contribution >= 4 is 29.2 Å². The number of rotatable bonds is 14. The molecule has 0 aromatic heterocycles. The molecular weight excluding hydrogens is 378 g/mol. The van der Waals surface area contributed by atoms with Gasteiger partial charge in [0.15, 0.2) is 6.10 Å². The van der Waals surface area contributed by atoms with Crippen LogP contribution in [0.3, 0.4) is 0 Å². The van der Waals surface area contributed by atoms with Crippen molar-refractivity contribution in [1.29, 1.82) is 0 Å². The van der Waals surface area contributed by atoms with E-state index in [-0.39, 0.29) is 11.3 Å². The summed E-state index contributed by atoms with van der Waals surface area (Å²) in [5.74, 6) is -1.17. The molecule has 0 radical (unpaired) electrons. The summed E-state index contributed by atoms with van der Waals surface area (Å²) in [6.45, 7) is 4.08. The summed E-state index contributed by atoms with van der Waals surface area (Å²) >= 11 is 5.83. The Balaban J connectivity index is 2.11. The molecule has 0 saturated carbocycles. The molecular formula is C22H34ClNO4. The van der Waals surface area contributed by atoms with Gasteiger partial charge in [-0.25, -0.2) is 9.59 Å². The summed E-state index contributed by atoms with van der Waals surface area (Å²) < 4.78 is 10.3. The Morgan fingerprint density at radius 3 is 2.14 bits per heavy atom. The predicted octanol–water partition coefficient (Wildman–Crippen LogP) is 5.93. The number of ether oxygens (including phenoxy) is 2. The van der Waals surface area contributed by atoms with Gasteiger partial charge >= 0.3 is 11.9 Å². The second kappa shape index (κ2) is 14.3. The van der Waals surface area contributed by atoms with Crippen LogP contribution in [0.2, 0.25) is 5.02 Å². The van der Waals surface area contributed by atoms with Crippen molar-refractivity contribution in [2.45, 2.75) is 84.2 Å². The van der Waals surface area contributed by atoms with Crippen molar-refractivity contribution < 1.29 is 19.1 Å². The maximum absolute atomic E-state index is 12.1. The molecule has 6 heteroatoms. The Bertz CT molecular complexity index is 606. The van der Waals surface area contributed by atoms with Gasteiger partial charge in [-0.2, -0.15) is 0 Å². The molecule has 1 unspecified atom stereocenters. The van der Waals surface area contributed by atoms with E-state index in [0.29, 0.717) is 11.6 Å². The van der Waals surface area contributed by atoms with Crippen LogP contribution < -0.4 is 5.73 Å². The van der Waals surface area contributed by atoms with Crippen LogP contribution in [0, 0.1) is 0 Å².